The van der Waals surface area contributed by atoms with Crippen molar-refractivity contribution in [3.8, 4) is 0 Å². The lowest BCUT2D eigenvalue weighted by atomic mass is 9.95. The van der Waals surface area contributed by atoms with Gasteiger partial charge >= 0.3 is 6.18 Å². The third-order valence-electron chi connectivity index (χ3n) is 5.01. The van der Waals surface area contributed by atoms with Gasteiger partial charge in [-0.2, -0.15) is 13.2 Å². The Morgan fingerprint density at radius 3 is 2.62 bits per heavy atom. The molecular formula is C17H23F3N4O2. The normalized spacial score (nSPS) is 19.7. The van der Waals surface area contributed by atoms with Crippen LogP contribution in [0.15, 0.2) is 10.9 Å². The topological polar surface area (TPSA) is 77.2 Å². The molecule has 1 unspecified atom stereocenters. The third-order valence-corrected chi connectivity index (χ3v) is 5.01. The highest BCUT2D eigenvalue weighted by Crippen LogP contribution is 2.25. The molecular weight excluding hydrogens is 349 g/mol. The number of nitrogens with zero attached hydrogens (tertiary/aromatic N) is 1. The Bertz CT molecular complexity index is 711. The summed E-state index contributed by atoms with van der Waals surface area (Å²) in [4.78, 5) is 28.5. The Hall–Kier alpha value is -1.87. The van der Waals surface area contributed by atoms with Crippen molar-refractivity contribution in [2.75, 3.05) is 32.7 Å². The molecule has 1 aliphatic carbocycles. The van der Waals surface area contributed by atoms with Gasteiger partial charge in [0.1, 0.15) is 11.6 Å². The lowest BCUT2D eigenvalue weighted by Gasteiger charge is -2.35. The van der Waals surface area contributed by atoms with Crippen LogP contribution >= 0.6 is 0 Å². The van der Waals surface area contributed by atoms with Crippen molar-refractivity contribution in [2.45, 2.75) is 37.9 Å². The van der Waals surface area contributed by atoms with Gasteiger partial charge in [0.05, 0.1) is 0 Å². The van der Waals surface area contributed by atoms with Crippen LogP contribution in [0.25, 0.3) is 0 Å². The van der Waals surface area contributed by atoms with E-state index in [1.807, 2.05) is 0 Å². The zero-order valence-electron chi connectivity index (χ0n) is 14.4. The Kier molecular flexibility index (Phi) is 5.67. The van der Waals surface area contributed by atoms with E-state index in [4.69, 9.17) is 0 Å². The first-order valence-corrected chi connectivity index (χ1v) is 8.91. The smallest absolute Gasteiger partial charge is 0.350 e. The Labute approximate surface area is 149 Å². The molecule has 0 bridgehead atoms. The van der Waals surface area contributed by atoms with E-state index in [-0.39, 0.29) is 18.7 Å². The fraction of sp³-hybridized carbons (Fsp3) is 0.647. The molecule has 26 heavy (non-hydrogen) atoms. The Balaban J connectivity index is 1.71. The summed E-state index contributed by atoms with van der Waals surface area (Å²) in [6.45, 7) is 0.911. The predicted octanol–water partition coefficient (Wildman–Crippen LogP) is 0.820. The van der Waals surface area contributed by atoms with E-state index in [2.05, 4.69) is 15.6 Å². The number of piperazine rings is 1. The molecule has 3 rings (SSSR count). The molecule has 0 spiro atoms. The molecule has 1 atom stereocenters. The summed E-state index contributed by atoms with van der Waals surface area (Å²) in [5.74, 6) is -0.760. The molecule has 1 aromatic rings. The van der Waals surface area contributed by atoms with Crippen LogP contribution in [0.1, 0.15) is 34.5 Å². The molecule has 1 aromatic heterocycles. The maximum Gasteiger partial charge on any atom is 0.405 e. The van der Waals surface area contributed by atoms with Crippen molar-refractivity contribution >= 4 is 5.91 Å². The van der Waals surface area contributed by atoms with Crippen molar-refractivity contribution < 1.29 is 18.0 Å². The molecule has 1 amide bonds. The minimum absolute atomic E-state index is 0.119. The molecule has 0 aromatic carbocycles. The molecule has 1 saturated heterocycles. The summed E-state index contributed by atoms with van der Waals surface area (Å²) in [6.07, 6.45) is -0.984. The Morgan fingerprint density at radius 1 is 1.23 bits per heavy atom. The number of halogens is 3. The highest BCUT2D eigenvalue weighted by Gasteiger charge is 2.43. The van der Waals surface area contributed by atoms with Gasteiger partial charge in [0.15, 0.2) is 0 Å². The second-order valence-corrected chi connectivity index (χ2v) is 6.78. The van der Waals surface area contributed by atoms with E-state index in [1.165, 1.54) is 11.0 Å². The van der Waals surface area contributed by atoms with Crippen LogP contribution in [-0.2, 0) is 12.8 Å². The number of hydrogen-bond donors (Lipinski definition) is 3. The number of aryl methyl sites for hydroxylation is 2. The van der Waals surface area contributed by atoms with Crippen molar-refractivity contribution in [2.24, 2.45) is 0 Å². The number of carbonyl (C=O) groups is 1. The highest BCUT2D eigenvalue weighted by molar-refractivity contribution is 5.94. The van der Waals surface area contributed by atoms with Gasteiger partial charge in [-0.25, -0.2) is 0 Å². The fourth-order valence-corrected chi connectivity index (χ4v) is 3.57. The van der Waals surface area contributed by atoms with Gasteiger partial charge in [-0.15, -0.1) is 0 Å². The summed E-state index contributed by atoms with van der Waals surface area (Å²) >= 11 is 0. The number of nitrogens with one attached hydrogen (secondary N) is 3. The number of rotatable bonds is 4. The number of amides is 1. The molecule has 0 saturated carbocycles. The van der Waals surface area contributed by atoms with E-state index in [1.54, 1.807) is 0 Å². The number of fused-ring (bicyclic) bond motifs is 1. The van der Waals surface area contributed by atoms with Gasteiger partial charge in [-0.05, 0) is 37.3 Å². The summed E-state index contributed by atoms with van der Waals surface area (Å²) < 4.78 is 40.1. The first-order valence-electron chi connectivity index (χ1n) is 8.91. The quantitative estimate of drug-likeness (QED) is 0.731. The first kappa shape index (κ1) is 18.9. The van der Waals surface area contributed by atoms with Gasteiger partial charge in [0.25, 0.3) is 11.5 Å². The largest absolute Gasteiger partial charge is 0.405 e. The van der Waals surface area contributed by atoms with E-state index in [0.29, 0.717) is 13.1 Å². The first-order chi connectivity index (χ1) is 12.4. The average Bonchev–Trinajstić information content (AvgIpc) is 2.61. The standard InChI is InChI=1S/C17H23F3N4O2/c18-17(19,20)14(24-7-5-21-6-8-24)10-22-15(25)12-9-11-3-1-2-4-13(11)23-16(12)26/h9,14,21H,1-8,10H2,(H,22,25)(H,23,26). The number of carbonyl (C=O) groups excluding carboxylic acids is 1. The van der Waals surface area contributed by atoms with Gasteiger partial charge in [-0.3, -0.25) is 14.5 Å². The summed E-state index contributed by atoms with van der Waals surface area (Å²) in [6, 6.07) is -0.235. The molecule has 1 aliphatic heterocycles. The van der Waals surface area contributed by atoms with Gasteiger partial charge in [-0.1, -0.05) is 0 Å². The number of H-pyrrole nitrogens is 1. The lowest BCUT2D eigenvalue weighted by molar-refractivity contribution is -0.183. The van der Waals surface area contributed by atoms with Crippen molar-refractivity contribution in [3.05, 3.63) is 33.2 Å². The molecule has 9 heteroatoms. The monoisotopic (exact) mass is 372 g/mol. The van der Waals surface area contributed by atoms with Gasteiger partial charge < -0.3 is 15.6 Å². The average molecular weight is 372 g/mol. The van der Waals surface area contributed by atoms with Crippen molar-refractivity contribution in [1.29, 1.82) is 0 Å². The predicted molar refractivity (Wildman–Crippen MR) is 90.3 cm³/mol. The number of hydrogen-bond acceptors (Lipinski definition) is 4. The molecule has 2 heterocycles. The minimum Gasteiger partial charge on any atom is -0.350 e. The lowest BCUT2D eigenvalue weighted by Crippen LogP contribution is -2.57. The number of aromatic amines is 1. The van der Waals surface area contributed by atoms with Crippen LogP contribution in [0.3, 0.4) is 0 Å². The third kappa shape index (κ3) is 4.27. The van der Waals surface area contributed by atoms with Crippen LogP contribution in [0.5, 0.6) is 0 Å². The summed E-state index contributed by atoms with van der Waals surface area (Å²) in [5.41, 5.74) is 1.06. The zero-order valence-corrected chi connectivity index (χ0v) is 14.4. The molecule has 0 radical (unpaired) electrons. The second kappa shape index (κ2) is 7.79. The molecule has 6 nitrogen and oxygen atoms in total. The van der Waals surface area contributed by atoms with E-state index in [0.717, 1.165) is 36.9 Å². The van der Waals surface area contributed by atoms with E-state index in [9.17, 15) is 22.8 Å². The fourth-order valence-electron chi connectivity index (χ4n) is 3.57. The van der Waals surface area contributed by atoms with E-state index >= 15 is 0 Å². The summed E-state index contributed by atoms with van der Waals surface area (Å²) in [5, 5.41) is 5.32. The van der Waals surface area contributed by atoms with Crippen LogP contribution in [0.2, 0.25) is 0 Å². The van der Waals surface area contributed by atoms with Gasteiger partial charge in [0.2, 0.25) is 0 Å². The number of pyridine rings is 1. The van der Waals surface area contributed by atoms with Crippen molar-refractivity contribution in [1.82, 2.24) is 20.5 Å². The zero-order chi connectivity index (χ0) is 18.7. The van der Waals surface area contributed by atoms with Crippen LogP contribution in [0, 0.1) is 0 Å². The summed E-state index contributed by atoms with van der Waals surface area (Å²) in [7, 11) is 0. The molecule has 1 fully saturated rings. The molecule has 144 valence electrons. The second-order valence-electron chi connectivity index (χ2n) is 6.78. The highest BCUT2D eigenvalue weighted by atomic mass is 19.4. The SMILES string of the molecule is O=C(NCC(N1CCNCC1)C(F)(F)F)c1cc2c([nH]c1=O)CCCC2. The van der Waals surface area contributed by atoms with E-state index < -0.39 is 30.2 Å². The molecule has 3 N–H and O–H groups in total. The van der Waals surface area contributed by atoms with Crippen LogP contribution < -0.4 is 16.2 Å². The number of aromatic nitrogens is 1. The van der Waals surface area contributed by atoms with Crippen LogP contribution in [-0.4, -0.2) is 60.7 Å². The van der Waals surface area contributed by atoms with Crippen LogP contribution in [0.4, 0.5) is 13.2 Å². The number of alkyl halides is 3. The Morgan fingerprint density at radius 2 is 1.92 bits per heavy atom. The van der Waals surface area contributed by atoms with Gasteiger partial charge in [0, 0.05) is 38.4 Å². The maximum atomic E-state index is 13.4. The molecule has 2 aliphatic rings. The maximum absolute atomic E-state index is 13.4. The minimum atomic E-state index is -4.45. The van der Waals surface area contributed by atoms with Crippen molar-refractivity contribution in [3.63, 3.8) is 0 Å².